The van der Waals surface area contributed by atoms with Gasteiger partial charge in [-0.25, -0.2) is 4.79 Å². The van der Waals surface area contributed by atoms with E-state index < -0.39 is 17.9 Å². The third-order valence-corrected chi connectivity index (χ3v) is 2.92. The van der Waals surface area contributed by atoms with E-state index in [0.29, 0.717) is 17.9 Å². The number of aliphatic carboxylic acids is 1. The maximum atomic E-state index is 11.5. The Morgan fingerprint density at radius 1 is 1.05 bits per heavy atom. The fourth-order valence-electron chi connectivity index (χ4n) is 1.58. The highest BCUT2D eigenvalue weighted by molar-refractivity contribution is 6.30. The van der Waals surface area contributed by atoms with Crippen LogP contribution in [-0.4, -0.2) is 23.0 Å². The molecule has 0 atom stereocenters. The van der Waals surface area contributed by atoms with Crippen molar-refractivity contribution in [2.75, 3.05) is 0 Å². The van der Waals surface area contributed by atoms with E-state index in [2.05, 4.69) is 10.6 Å². The molecule has 0 aliphatic carbocycles. The maximum absolute atomic E-state index is 11.5. The molecule has 1 aromatic rings. The fraction of sp³-hybridized carbons (Fsp3) is 0.357. The number of imide groups is 1. The molecule has 6 nitrogen and oxygen atoms in total. The van der Waals surface area contributed by atoms with Gasteiger partial charge in [-0.1, -0.05) is 23.7 Å². The zero-order valence-corrected chi connectivity index (χ0v) is 12.2. The molecule has 21 heavy (non-hydrogen) atoms. The molecule has 0 radical (unpaired) electrons. The van der Waals surface area contributed by atoms with E-state index in [9.17, 15) is 14.4 Å². The Labute approximate surface area is 127 Å². The minimum absolute atomic E-state index is 0.0239. The van der Waals surface area contributed by atoms with Gasteiger partial charge >= 0.3 is 12.0 Å². The predicted octanol–water partition coefficient (Wildman–Crippen LogP) is 2.31. The van der Waals surface area contributed by atoms with Crippen LogP contribution >= 0.6 is 11.6 Å². The van der Waals surface area contributed by atoms with Gasteiger partial charge in [0.15, 0.2) is 0 Å². The van der Waals surface area contributed by atoms with Crippen LogP contribution in [-0.2, 0) is 16.1 Å². The summed E-state index contributed by atoms with van der Waals surface area (Å²) in [6.07, 6.45) is 0.995. The van der Waals surface area contributed by atoms with Gasteiger partial charge < -0.3 is 10.4 Å². The summed E-state index contributed by atoms with van der Waals surface area (Å²) in [6, 6.07) is 6.40. The molecule has 0 aromatic heterocycles. The van der Waals surface area contributed by atoms with Gasteiger partial charge in [0.05, 0.1) is 0 Å². The second kappa shape index (κ2) is 8.97. The second-order valence-corrected chi connectivity index (χ2v) is 4.89. The van der Waals surface area contributed by atoms with Gasteiger partial charge in [0.1, 0.15) is 0 Å². The summed E-state index contributed by atoms with van der Waals surface area (Å²) in [5.41, 5.74) is 0.864. The van der Waals surface area contributed by atoms with Crippen molar-refractivity contribution in [1.82, 2.24) is 10.6 Å². The molecule has 1 rings (SSSR count). The monoisotopic (exact) mass is 312 g/mol. The summed E-state index contributed by atoms with van der Waals surface area (Å²) in [7, 11) is 0. The number of rotatable bonds is 7. The van der Waals surface area contributed by atoms with Gasteiger partial charge in [-0.05, 0) is 30.5 Å². The minimum atomic E-state index is -0.892. The van der Waals surface area contributed by atoms with E-state index in [-0.39, 0.29) is 19.4 Å². The number of benzene rings is 1. The average molecular weight is 313 g/mol. The summed E-state index contributed by atoms with van der Waals surface area (Å²) in [4.78, 5) is 33.2. The number of nitrogens with one attached hydrogen (secondary N) is 2. The highest BCUT2D eigenvalue weighted by Crippen LogP contribution is 2.09. The molecule has 1 aromatic carbocycles. The first-order chi connectivity index (χ1) is 9.97. The van der Waals surface area contributed by atoms with Gasteiger partial charge in [-0.15, -0.1) is 0 Å². The Morgan fingerprint density at radius 2 is 1.67 bits per heavy atom. The quantitative estimate of drug-likeness (QED) is 0.673. The number of urea groups is 1. The van der Waals surface area contributed by atoms with E-state index in [4.69, 9.17) is 16.7 Å². The molecule has 0 fully saturated rings. The fourth-order valence-corrected chi connectivity index (χ4v) is 1.71. The Hall–Kier alpha value is -2.08. The van der Waals surface area contributed by atoms with Crippen molar-refractivity contribution in [3.8, 4) is 0 Å². The largest absolute Gasteiger partial charge is 0.481 e. The van der Waals surface area contributed by atoms with Crippen molar-refractivity contribution in [2.45, 2.75) is 32.2 Å². The Balaban J connectivity index is 2.19. The second-order valence-electron chi connectivity index (χ2n) is 4.46. The normalized spacial score (nSPS) is 9.95. The molecule has 114 valence electrons. The molecule has 0 saturated carbocycles. The molecule has 0 unspecified atom stereocenters. The molecule has 3 N–H and O–H groups in total. The highest BCUT2D eigenvalue weighted by Gasteiger charge is 2.07. The first kappa shape index (κ1) is 17.0. The van der Waals surface area contributed by atoms with Gasteiger partial charge in [-0.2, -0.15) is 0 Å². The van der Waals surface area contributed by atoms with Crippen LogP contribution in [0.2, 0.25) is 5.02 Å². The minimum Gasteiger partial charge on any atom is -0.481 e. The predicted molar refractivity (Wildman–Crippen MR) is 77.9 cm³/mol. The van der Waals surface area contributed by atoms with E-state index >= 15 is 0 Å². The lowest BCUT2D eigenvalue weighted by Gasteiger charge is -2.06. The molecule has 3 amide bonds. The lowest BCUT2D eigenvalue weighted by molar-refractivity contribution is -0.137. The summed E-state index contributed by atoms with van der Waals surface area (Å²) >= 11 is 5.74. The number of unbranched alkanes of at least 4 members (excludes halogenated alkanes) is 1. The molecule has 7 heteroatoms. The first-order valence-corrected chi connectivity index (χ1v) is 6.89. The summed E-state index contributed by atoms with van der Waals surface area (Å²) in [5, 5.41) is 13.8. The number of carboxylic acid groups (broad SMARTS) is 1. The number of hydrogen-bond donors (Lipinski definition) is 3. The average Bonchev–Trinajstić information content (AvgIpc) is 2.43. The van der Waals surface area contributed by atoms with E-state index in [0.717, 1.165) is 5.56 Å². The third kappa shape index (κ3) is 7.94. The van der Waals surface area contributed by atoms with Crippen LogP contribution in [0, 0.1) is 0 Å². The van der Waals surface area contributed by atoms with Gasteiger partial charge in [0, 0.05) is 24.4 Å². The molecule has 0 heterocycles. The molecular weight excluding hydrogens is 296 g/mol. The van der Waals surface area contributed by atoms with Gasteiger partial charge in [0.25, 0.3) is 0 Å². The maximum Gasteiger partial charge on any atom is 0.321 e. The summed E-state index contributed by atoms with van der Waals surface area (Å²) in [5.74, 6) is -1.31. The summed E-state index contributed by atoms with van der Waals surface area (Å²) in [6.45, 7) is 0.287. The molecule has 0 spiro atoms. The van der Waals surface area contributed by atoms with Crippen LogP contribution in [0.1, 0.15) is 31.2 Å². The number of carboxylic acids is 1. The highest BCUT2D eigenvalue weighted by atomic mass is 35.5. The number of hydrogen-bond acceptors (Lipinski definition) is 3. The van der Waals surface area contributed by atoms with Crippen molar-refractivity contribution in [1.29, 1.82) is 0 Å². The van der Waals surface area contributed by atoms with Crippen molar-refractivity contribution >= 4 is 29.5 Å². The smallest absolute Gasteiger partial charge is 0.321 e. The number of carbonyl (C=O) groups excluding carboxylic acids is 2. The molecule has 0 bridgehead atoms. The molecule has 0 saturated heterocycles. The molecular formula is C14H17ClN2O4. The van der Waals surface area contributed by atoms with E-state index in [1.807, 2.05) is 0 Å². The standard InChI is InChI=1S/C14H17ClN2O4/c15-11-7-5-10(6-8-11)9-16-14(21)17-12(18)3-1-2-4-13(19)20/h5-8H,1-4,9H2,(H,19,20)(H2,16,17,18,21). The topological polar surface area (TPSA) is 95.5 Å². The SMILES string of the molecule is O=C(O)CCCCC(=O)NC(=O)NCc1ccc(Cl)cc1. The van der Waals surface area contributed by atoms with Crippen LogP contribution in [0.15, 0.2) is 24.3 Å². The number of halogens is 1. The zero-order chi connectivity index (χ0) is 15.7. The van der Waals surface area contributed by atoms with Crippen LogP contribution in [0.4, 0.5) is 4.79 Å². The number of amides is 3. The summed E-state index contributed by atoms with van der Waals surface area (Å²) < 4.78 is 0. The zero-order valence-electron chi connectivity index (χ0n) is 11.4. The van der Waals surface area contributed by atoms with Crippen LogP contribution in [0.3, 0.4) is 0 Å². The van der Waals surface area contributed by atoms with E-state index in [1.54, 1.807) is 24.3 Å². The van der Waals surface area contributed by atoms with Crippen molar-refractivity contribution in [3.05, 3.63) is 34.9 Å². The first-order valence-electron chi connectivity index (χ1n) is 6.51. The van der Waals surface area contributed by atoms with Crippen LogP contribution in [0.25, 0.3) is 0 Å². The van der Waals surface area contributed by atoms with E-state index in [1.165, 1.54) is 0 Å². The third-order valence-electron chi connectivity index (χ3n) is 2.66. The van der Waals surface area contributed by atoms with Crippen molar-refractivity contribution in [2.24, 2.45) is 0 Å². The van der Waals surface area contributed by atoms with Crippen LogP contribution < -0.4 is 10.6 Å². The van der Waals surface area contributed by atoms with Gasteiger partial charge in [-0.3, -0.25) is 14.9 Å². The lowest BCUT2D eigenvalue weighted by Crippen LogP contribution is -2.38. The Kier molecular flexibility index (Phi) is 7.25. The van der Waals surface area contributed by atoms with Crippen molar-refractivity contribution in [3.63, 3.8) is 0 Å². The van der Waals surface area contributed by atoms with Crippen molar-refractivity contribution < 1.29 is 19.5 Å². The number of carbonyl (C=O) groups is 3. The molecule has 0 aliphatic rings. The van der Waals surface area contributed by atoms with Crippen LogP contribution in [0.5, 0.6) is 0 Å². The van der Waals surface area contributed by atoms with Gasteiger partial charge in [0.2, 0.25) is 5.91 Å². The molecule has 0 aliphatic heterocycles. The lowest BCUT2D eigenvalue weighted by atomic mass is 10.2. The Bertz CT molecular complexity index is 502. The Morgan fingerprint density at radius 3 is 2.29 bits per heavy atom.